The molecule has 5 fully saturated rings. The van der Waals surface area contributed by atoms with Gasteiger partial charge in [-0.05, 0) is 134 Å². The average molecular weight is 1190 g/mol. The van der Waals surface area contributed by atoms with Crippen LogP contribution in [0, 0.1) is 46.3 Å². The van der Waals surface area contributed by atoms with Gasteiger partial charge in [-0.3, -0.25) is 4.79 Å². The van der Waals surface area contributed by atoms with Gasteiger partial charge in [0.1, 0.15) is 35.9 Å². The van der Waals surface area contributed by atoms with Crippen LogP contribution in [0.4, 0.5) is 9.59 Å². The van der Waals surface area contributed by atoms with Crippen molar-refractivity contribution in [1.82, 2.24) is 10.6 Å². The first-order valence-corrected chi connectivity index (χ1v) is 33.5. The Kier molecular flexibility index (Phi) is 20.8. The van der Waals surface area contributed by atoms with Crippen LogP contribution >= 0.6 is 0 Å². The highest BCUT2D eigenvalue weighted by Gasteiger charge is 2.70. The number of benzene rings is 2. The molecule has 2 heterocycles. The Morgan fingerprint density at radius 1 is 0.857 bits per heavy atom. The van der Waals surface area contributed by atoms with Crippen LogP contribution in [0.1, 0.15) is 142 Å². The van der Waals surface area contributed by atoms with E-state index in [0.29, 0.717) is 36.8 Å². The minimum atomic E-state index is -1.98. The van der Waals surface area contributed by atoms with Gasteiger partial charge in [-0.15, -0.1) is 0 Å². The molecule has 18 nitrogen and oxygen atoms in total. The highest BCUT2D eigenvalue weighted by Crippen LogP contribution is 2.69. The maximum atomic E-state index is 14.4. The van der Waals surface area contributed by atoms with E-state index in [0.717, 1.165) is 49.7 Å². The van der Waals surface area contributed by atoms with Crippen molar-refractivity contribution in [3.8, 4) is 5.75 Å². The van der Waals surface area contributed by atoms with E-state index < -0.39 is 98.5 Å². The van der Waals surface area contributed by atoms with E-state index in [4.69, 9.17) is 42.3 Å². The molecule has 0 aromatic heterocycles. The zero-order chi connectivity index (χ0) is 61.1. The molecule has 2 aromatic rings. The zero-order valence-electron chi connectivity index (χ0n) is 51.7. The summed E-state index contributed by atoms with van der Waals surface area (Å²) in [6.07, 6.45) is -0.512. The van der Waals surface area contributed by atoms with Crippen molar-refractivity contribution in [3.63, 3.8) is 0 Å². The van der Waals surface area contributed by atoms with Gasteiger partial charge in [-0.1, -0.05) is 111 Å². The van der Waals surface area contributed by atoms with Crippen LogP contribution in [-0.4, -0.2) is 135 Å². The Morgan fingerprint density at radius 3 is 2.14 bits per heavy atom. The largest absolute Gasteiger partial charge is 0.497 e. The van der Waals surface area contributed by atoms with Gasteiger partial charge in [-0.2, -0.15) is 0 Å². The fraction of sp³-hybridized carbons (Fsp3) is 0.692. The molecule has 466 valence electrons. The Bertz CT molecular complexity index is 2640. The quantitative estimate of drug-likeness (QED) is 0.0338. The molecule has 19 heteroatoms. The number of Topliss-reactive ketones (excluding diaryl/α,β-unsaturated/α-hetero) is 1. The molecule has 4 aliphatic carbocycles. The minimum Gasteiger partial charge on any atom is -0.497 e. The van der Waals surface area contributed by atoms with Crippen molar-refractivity contribution in [2.75, 3.05) is 26.9 Å². The Morgan fingerprint density at radius 2 is 1.51 bits per heavy atom. The normalized spacial score (nSPS) is 34.4. The molecule has 17 atom stereocenters. The van der Waals surface area contributed by atoms with Crippen molar-refractivity contribution in [2.24, 2.45) is 46.3 Å². The van der Waals surface area contributed by atoms with E-state index in [1.54, 1.807) is 43.3 Å². The second-order valence-electron chi connectivity index (χ2n) is 27.1. The SMILES string of the molecule is C=CCOC(=O)NCc1ccc(CNC(=O)OC2COC(OC3C(O)COC(O[C@H]4C[C@H]5[C@@H]6CC=C7C[C@@H](O[Si](C)(C)C(C)(C)C)CC[C@]7(C)C6CC[C@]5(C)[C@@]4(O)[C@H](C)C(=O)CCC(C)C)C3C)C(OC(=O)c3ccc(OC)cc3)C2O)cc1. The summed E-state index contributed by atoms with van der Waals surface area (Å²) >= 11 is 0. The monoisotopic (exact) mass is 1190 g/mol. The van der Waals surface area contributed by atoms with Gasteiger partial charge in [0.15, 0.2) is 33.1 Å². The van der Waals surface area contributed by atoms with Gasteiger partial charge >= 0.3 is 18.2 Å². The van der Waals surface area contributed by atoms with Crippen molar-refractivity contribution < 1.29 is 76.8 Å². The van der Waals surface area contributed by atoms with Crippen molar-refractivity contribution in [1.29, 1.82) is 0 Å². The molecule has 3 saturated carbocycles. The summed E-state index contributed by atoms with van der Waals surface area (Å²) < 4.78 is 55.2. The van der Waals surface area contributed by atoms with Gasteiger partial charge in [0.05, 0.1) is 38.1 Å². The lowest BCUT2D eigenvalue weighted by atomic mass is 9.46. The number of aliphatic hydroxyl groups is 3. The summed E-state index contributed by atoms with van der Waals surface area (Å²) in [5.74, 6) is -0.873. The number of nitrogens with one attached hydrogen (secondary N) is 2. The highest BCUT2D eigenvalue weighted by molar-refractivity contribution is 6.74. The van der Waals surface area contributed by atoms with Crippen molar-refractivity contribution in [3.05, 3.63) is 89.5 Å². The number of carbonyl (C=O) groups is 4. The fourth-order valence-corrected chi connectivity index (χ4v) is 15.7. The lowest BCUT2D eigenvalue weighted by molar-refractivity contribution is -0.333. The number of rotatable bonds is 21. The minimum absolute atomic E-state index is 0.000107. The Labute approximate surface area is 498 Å². The van der Waals surface area contributed by atoms with E-state index in [2.05, 4.69) is 84.8 Å². The molecule has 2 aliphatic heterocycles. The van der Waals surface area contributed by atoms with Gasteiger partial charge in [0.2, 0.25) is 0 Å². The van der Waals surface area contributed by atoms with E-state index >= 15 is 0 Å². The number of hydrogen-bond acceptors (Lipinski definition) is 16. The number of hydrogen-bond donors (Lipinski definition) is 5. The molecule has 0 radical (unpaired) electrons. The van der Waals surface area contributed by atoms with E-state index in [1.807, 2.05) is 6.92 Å². The lowest BCUT2D eigenvalue weighted by Gasteiger charge is -2.60. The molecule has 84 heavy (non-hydrogen) atoms. The summed E-state index contributed by atoms with van der Waals surface area (Å²) in [5, 5.41) is 42.9. The third-order valence-corrected chi connectivity index (χ3v) is 25.1. The Hall–Kier alpha value is -4.70. The summed E-state index contributed by atoms with van der Waals surface area (Å²) in [5.41, 5.74) is 0.881. The number of allylic oxidation sites excluding steroid dienone is 1. The number of alkyl carbamates (subject to hydrolysis) is 2. The number of methoxy groups -OCH3 is 1. The van der Waals surface area contributed by atoms with Crippen LogP contribution in [0.3, 0.4) is 0 Å². The van der Waals surface area contributed by atoms with E-state index in [1.165, 1.54) is 30.9 Å². The number of ether oxygens (including phenoxy) is 8. The van der Waals surface area contributed by atoms with E-state index in [-0.39, 0.29) is 72.6 Å². The second kappa shape index (κ2) is 26.7. The van der Waals surface area contributed by atoms with Gasteiger partial charge < -0.3 is 68.3 Å². The van der Waals surface area contributed by atoms with Gasteiger partial charge in [0, 0.05) is 42.9 Å². The molecule has 2 saturated heterocycles. The molecule has 0 bridgehead atoms. The topological polar surface area (TPSA) is 236 Å². The van der Waals surface area contributed by atoms with E-state index in [9.17, 15) is 34.5 Å². The number of aliphatic hydroxyl groups excluding tert-OH is 2. The molecular weight excluding hydrogens is 1090 g/mol. The number of carbonyl (C=O) groups excluding carboxylic acids is 4. The van der Waals surface area contributed by atoms with Crippen LogP contribution < -0.4 is 15.4 Å². The number of fused-ring (bicyclic) bond motifs is 5. The van der Waals surface area contributed by atoms with Crippen LogP contribution in [0.25, 0.3) is 0 Å². The molecular formula is C65H96N2O16Si. The smallest absolute Gasteiger partial charge is 0.407 e. The summed E-state index contributed by atoms with van der Waals surface area (Å²) in [6.45, 7) is 27.4. The first-order chi connectivity index (χ1) is 39.6. The standard InChI is InChI=1S/C65H96N2O16Si/c1-14-31-76-60(72)66-34-41-16-18-42(19-17-41)35-67-61(73)79-52-37-78-59(56(54(52)70)81-57(71)43-20-23-45(75-11)24-21-43)82-55-39(4)58(77-36-51(55)69)80-53-33-49-47-25-22-44-32-46(83-84(12,13)62(6,7)8)27-29-63(44,9)48(47)28-30-64(49,10)65(53,74)40(5)50(68)26-15-38(2)3/h14,16-24,38-40,46-49,51-56,58-59,69-70,74H,1,15,25-37H2,2-13H3,(H,66,72)(H,67,73)/t39?,40-,46+,47-,48?,49+,51?,52?,53+,54?,55?,56?,58?,59?,63+,64+,65-/m1/s1. The number of esters is 1. The maximum absolute atomic E-state index is 14.4. The predicted octanol–water partition coefficient (Wildman–Crippen LogP) is 10.1. The molecule has 9 unspecified atom stereocenters. The second-order valence-corrected chi connectivity index (χ2v) is 31.9. The number of ketones is 1. The third-order valence-electron chi connectivity index (χ3n) is 20.5. The van der Waals surface area contributed by atoms with Crippen molar-refractivity contribution >= 4 is 32.3 Å². The Balaban J connectivity index is 0.987. The molecule has 6 aliphatic rings. The first-order valence-electron chi connectivity index (χ1n) is 30.6. The molecule has 2 aromatic carbocycles. The van der Waals surface area contributed by atoms with Crippen LogP contribution in [0.15, 0.2) is 72.8 Å². The van der Waals surface area contributed by atoms with Crippen LogP contribution in [0.5, 0.6) is 5.75 Å². The maximum Gasteiger partial charge on any atom is 0.407 e. The van der Waals surface area contributed by atoms with Crippen molar-refractivity contribution in [2.45, 2.75) is 212 Å². The van der Waals surface area contributed by atoms with Gasteiger partial charge in [-0.25, -0.2) is 14.4 Å². The summed E-state index contributed by atoms with van der Waals surface area (Å²) in [7, 11) is -0.481. The molecule has 0 spiro atoms. The van der Waals surface area contributed by atoms with Crippen LogP contribution in [-0.2, 0) is 55.5 Å². The van der Waals surface area contributed by atoms with Gasteiger partial charge in [0.25, 0.3) is 0 Å². The third kappa shape index (κ3) is 13.8. The zero-order valence-corrected chi connectivity index (χ0v) is 52.7. The number of amides is 2. The predicted molar refractivity (Wildman–Crippen MR) is 317 cm³/mol. The average Bonchev–Trinajstić information content (AvgIpc) is 1.69. The van der Waals surface area contributed by atoms with Crippen LogP contribution in [0.2, 0.25) is 18.1 Å². The summed E-state index contributed by atoms with van der Waals surface area (Å²) in [4.78, 5) is 53.5. The molecule has 2 amide bonds. The first kappa shape index (κ1) is 65.3. The molecule has 8 rings (SSSR count). The summed E-state index contributed by atoms with van der Waals surface area (Å²) in [6, 6.07) is 13.3. The fourth-order valence-electron chi connectivity index (χ4n) is 14.3. The highest BCUT2D eigenvalue weighted by atomic mass is 28.4. The lowest BCUT2D eigenvalue weighted by Crippen LogP contribution is -2.62. The molecule has 5 N–H and O–H groups in total.